The Morgan fingerprint density at radius 3 is 2.73 bits per heavy atom. The van der Waals surface area contributed by atoms with Crippen LogP contribution in [0.15, 0.2) is 42.5 Å². The molecule has 0 saturated carbocycles. The molecule has 0 aliphatic carbocycles. The first-order valence-corrected chi connectivity index (χ1v) is 6.94. The first kappa shape index (κ1) is 14.3. The molecule has 1 heterocycles. The van der Waals surface area contributed by atoms with E-state index < -0.39 is 5.91 Å². The molecule has 0 saturated heterocycles. The normalized spacial score (nSPS) is 14.4. The Hall–Kier alpha value is -2.66. The van der Waals surface area contributed by atoms with Crippen LogP contribution in [0.3, 0.4) is 0 Å². The number of anilines is 1. The van der Waals surface area contributed by atoms with Crippen LogP contribution in [-0.4, -0.2) is 25.5 Å². The average Bonchev–Trinajstić information content (AvgIpc) is 2.67. The van der Waals surface area contributed by atoms with Gasteiger partial charge in [0.05, 0.1) is 6.61 Å². The molecule has 1 aliphatic heterocycles. The van der Waals surface area contributed by atoms with Gasteiger partial charge in [0, 0.05) is 23.9 Å². The first-order chi connectivity index (χ1) is 10.6. The fourth-order valence-electron chi connectivity index (χ4n) is 2.62. The van der Waals surface area contributed by atoms with E-state index in [9.17, 15) is 9.59 Å². The molecule has 0 atom stereocenters. The van der Waals surface area contributed by atoms with Crippen LogP contribution in [0.25, 0.3) is 11.1 Å². The molecule has 0 fully saturated rings. The molecule has 0 aromatic heterocycles. The van der Waals surface area contributed by atoms with Crippen molar-refractivity contribution in [1.29, 1.82) is 0 Å². The molecule has 5 nitrogen and oxygen atoms in total. The fraction of sp³-hybridized carbons (Fsp3) is 0.176. The van der Waals surface area contributed by atoms with Gasteiger partial charge in [-0.25, -0.2) is 0 Å². The van der Waals surface area contributed by atoms with Gasteiger partial charge in [-0.1, -0.05) is 24.3 Å². The molecule has 2 aromatic rings. The number of likely N-dealkylation sites (N-methyl/N-ethyl adjacent to an activating group) is 1. The zero-order chi connectivity index (χ0) is 15.7. The van der Waals surface area contributed by atoms with Crippen LogP contribution in [0.4, 0.5) is 5.69 Å². The van der Waals surface area contributed by atoms with Gasteiger partial charge in [-0.15, -0.1) is 0 Å². The fourth-order valence-corrected chi connectivity index (χ4v) is 2.62. The SMILES string of the molecule is CN1C(=O)COCc2c(-c3cccc(C(N)=O)c3)cccc21. The average molecular weight is 296 g/mol. The number of hydrogen-bond acceptors (Lipinski definition) is 3. The predicted molar refractivity (Wildman–Crippen MR) is 83.5 cm³/mol. The van der Waals surface area contributed by atoms with E-state index in [1.165, 1.54) is 0 Å². The molecule has 3 rings (SSSR count). The number of hydrogen-bond donors (Lipinski definition) is 1. The molecule has 112 valence electrons. The number of carbonyl (C=O) groups is 2. The largest absolute Gasteiger partial charge is 0.367 e. The second-order valence-corrected chi connectivity index (χ2v) is 5.19. The molecule has 0 unspecified atom stereocenters. The highest BCUT2D eigenvalue weighted by Crippen LogP contribution is 2.33. The summed E-state index contributed by atoms with van der Waals surface area (Å²) < 4.78 is 5.46. The van der Waals surface area contributed by atoms with Crippen molar-refractivity contribution in [2.75, 3.05) is 18.6 Å². The summed E-state index contributed by atoms with van der Waals surface area (Å²) in [6.45, 7) is 0.411. The van der Waals surface area contributed by atoms with Gasteiger partial charge < -0.3 is 15.4 Å². The van der Waals surface area contributed by atoms with E-state index in [1.54, 1.807) is 30.1 Å². The van der Waals surface area contributed by atoms with E-state index in [0.29, 0.717) is 12.2 Å². The topological polar surface area (TPSA) is 72.6 Å². The van der Waals surface area contributed by atoms with Crippen molar-refractivity contribution in [3.8, 4) is 11.1 Å². The lowest BCUT2D eigenvalue weighted by Crippen LogP contribution is -2.28. The number of nitrogens with zero attached hydrogens (tertiary/aromatic N) is 1. The summed E-state index contributed by atoms with van der Waals surface area (Å²) >= 11 is 0. The van der Waals surface area contributed by atoms with Crippen LogP contribution in [0, 0.1) is 0 Å². The lowest BCUT2D eigenvalue weighted by molar-refractivity contribution is -0.122. The van der Waals surface area contributed by atoms with Gasteiger partial charge in [0.25, 0.3) is 5.91 Å². The van der Waals surface area contributed by atoms with Crippen LogP contribution in [0.2, 0.25) is 0 Å². The summed E-state index contributed by atoms with van der Waals surface area (Å²) in [5, 5.41) is 0. The van der Waals surface area contributed by atoms with Gasteiger partial charge in [-0.05, 0) is 29.3 Å². The Balaban J connectivity index is 2.15. The molecular formula is C17H16N2O3. The van der Waals surface area contributed by atoms with Crippen molar-refractivity contribution in [2.45, 2.75) is 6.61 Å². The highest BCUT2D eigenvalue weighted by molar-refractivity contribution is 5.97. The third-order valence-corrected chi connectivity index (χ3v) is 3.82. The van der Waals surface area contributed by atoms with Crippen LogP contribution in [0.1, 0.15) is 15.9 Å². The first-order valence-electron chi connectivity index (χ1n) is 6.94. The number of rotatable bonds is 2. The van der Waals surface area contributed by atoms with Crippen molar-refractivity contribution >= 4 is 17.5 Å². The Kier molecular flexibility index (Phi) is 3.65. The molecule has 2 amide bonds. The number of nitrogens with two attached hydrogens (primary N) is 1. The third-order valence-electron chi connectivity index (χ3n) is 3.82. The minimum absolute atomic E-state index is 0.0615. The van der Waals surface area contributed by atoms with Gasteiger partial charge in [-0.3, -0.25) is 9.59 Å². The smallest absolute Gasteiger partial charge is 0.252 e. The second kappa shape index (κ2) is 5.61. The van der Waals surface area contributed by atoms with Crippen molar-refractivity contribution in [3.63, 3.8) is 0 Å². The Morgan fingerprint density at radius 2 is 1.95 bits per heavy atom. The van der Waals surface area contributed by atoms with Gasteiger partial charge >= 0.3 is 0 Å². The number of amides is 2. The Morgan fingerprint density at radius 1 is 1.18 bits per heavy atom. The molecule has 22 heavy (non-hydrogen) atoms. The Labute approximate surface area is 128 Å². The lowest BCUT2D eigenvalue weighted by atomic mass is 9.96. The van der Waals surface area contributed by atoms with Gasteiger partial charge in [0.1, 0.15) is 6.61 Å². The lowest BCUT2D eigenvalue weighted by Gasteiger charge is -2.19. The molecule has 2 aromatic carbocycles. The van der Waals surface area contributed by atoms with Gasteiger partial charge in [-0.2, -0.15) is 0 Å². The zero-order valence-corrected chi connectivity index (χ0v) is 12.2. The number of fused-ring (bicyclic) bond motifs is 1. The van der Waals surface area contributed by atoms with E-state index in [2.05, 4.69) is 0 Å². The van der Waals surface area contributed by atoms with Crippen molar-refractivity contribution in [2.24, 2.45) is 5.73 Å². The molecule has 5 heteroatoms. The highest BCUT2D eigenvalue weighted by atomic mass is 16.5. The van der Waals surface area contributed by atoms with Crippen molar-refractivity contribution in [1.82, 2.24) is 0 Å². The van der Waals surface area contributed by atoms with Crippen molar-refractivity contribution in [3.05, 3.63) is 53.6 Å². The summed E-state index contributed by atoms with van der Waals surface area (Å²) in [6.07, 6.45) is 0. The van der Waals surface area contributed by atoms with Crippen molar-refractivity contribution < 1.29 is 14.3 Å². The number of ether oxygens (including phenoxy) is 1. The molecular weight excluding hydrogens is 280 g/mol. The summed E-state index contributed by atoms with van der Waals surface area (Å²) in [7, 11) is 1.74. The standard InChI is InChI=1S/C17H16N2O3/c1-19-15-7-3-6-13(14(15)9-22-10-16(19)20)11-4-2-5-12(8-11)17(18)21/h2-8H,9-10H2,1H3,(H2,18,21). The molecule has 0 spiro atoms. The third kappa shape index (κ3) is 2.46. The minimum Gasteiger partial charge on any atom is -0.367 e. The summed E-state index contributed by atoms with van der Waals surface area (Å²) in [4.78, 5) is 24.9. The maximum Gasteiger partial charge on any atom is 0.252 e. The molecule has 0 bridgehead atoms. The summed E-state index contributed by atoms with van der Waals surface area (Å²) in [5.74, 6) is -0.547. The van der Waals surface area contributed by atoms with E-state index >= 15 is 0 Å². The maximum atomic E-state index is 11.9. The monoisotopic (exact) mass is 296 g/mol. The minimum atomic E-state index is -0.465. The number of carbonyl (C=O) groups excluding carboxylic acids is 2. The maximum absolute atomic E-state index is 11.9. The van der Waals surface area contributed by atoms with Gasteiger partial charge in [0.2, 0.25) is 5.91 Å². The Bertz CT molecular complexity index is 755. The van der Waals surface area contributed by atoms with Crippen LogP contribution in [-0.2, 0) is 16.1 Å². The highest BCUT2D eigenvalue weighted by Gasteiger charge is 2.21. The van der Waals surface area contributed by atoms with E-state index in [-0.39, 0.29) is 12.5 Å². The molecule has 1 aliphatic rings. The summed E-state index contributed by atoms with van der Waals surface area (Å²) in [5.41, 5.74) is 9.36. The number of primary amides is 1. The molecule has 0 radical (unpaired) electrons. The van der Waals surface area contributed by atoms with E-state index in [0.717, 1.165) is 22.4 Å². The van der Waals surface area contributed by atoms with E-state index in [1.807, 2.05) is 24.3 Å². The predicted octanol–water partition coefficient (Wildman–Crippen LogP) is 1.95. The van der Waals surface area contributed by atoms with Crippen LogP contribution < -0.4 is 10.6 Å². The van der Waals surface area contributed by atoms with Gasteiger partial charge in [0.15, 0.2) is 0 Å². The quantitative estimate of drug-likeness (QED) is 0.920. The van der Waals surface area contributed by atoms with E-state index in [4.69, 9.17) is 10.5 Å². The number of benzene rings is 2. The van der Waals surface area contributed by atoms with Crippen LogP contribution in [0.5, 0.6) is 0 Å². The van der Waals surface area contributed by atoms with Crippen LogP contribution >= 0.6 is 0 Å². The zero-order valence-electron chi connectivity index (χ0n) is 12.2. The summed E-state index contributed by atoms with van der Waals surface area (Å²) in [6, 6.07) is 12.9. The second-order valence-electron chi connectivity index (χ2n) is 5.19. The molecule has 2 N–H and O–H groups in total.